The molecule has 1 atom stereocenters. The maximum atomic E-state index is 11.2. The highest BCUT2D eigenvalue weighted by Crippen LogP contribution is 2.37. The van der Waals surface area contributed by atoms with Crippen LogP contribution in [0.5, 0.6) is 0 Å². The molecule has 2 fully saturated rings. The zero-order valence-electron chi connectivity index (χ0n) is 18.4. The Hall–Kier alpha value is -2.89. The summed E-state index contributed by atoms with van der Waals surface area (Å²) in [5.74, 6) is 0.00775. The SMILES string of the molecule is O=C(O)c1ccc(C2=NNC(c3ccc([B]C4CCC4)cc3)=C3CCCCCCC23)nc1. The predicted octanol–water partition coefficient (Wildman–Crippen LogP) is 4.77. The molecule has 0 spiro atoms. The van der Waals surface area contributed by atoms with Gasteiger partial charge < -0.3 is 5.11 Å². The van der Waals surface area contributed by atoms with Crippen LogP contribution in [0.3, 0.4) is 0 Å². The number of rotatable bonds is 5. The van der Waals surface area contributed by atoms with Crippen LogP contribution < -0.4 is 10.9 Å². The summed E-state index contributed by atoms with van der Waals surface area (Å²) in [5, 5.41) is 14.0. The third kappa shape index (κ3) is 4.36. The van der Waals surface area contributed by atoms with Crippen LogP contribution in [0, 0.1) is 5.92 Å². The van der Waals surface area contributed by atoms with Gasteiger partial charge in [-0.05, 0) is 42.5 Å². The quantitative estimate of drug-likeness (QED) is 0.676. The van der Waals surface area contributed by atoms with E-state index in [2.05, 4.69) is 42.0 Å². The Balaban J connectivity index is 1.44. The Morgan fingerprint density at radius 3 is 2.47 bits per heavy atom. The van der Waals surface area contributed by atoms with E-state index in [1.54, 1.807) is 12.1 Å². The smallest absolute Gasteiger partial charge is 0.337 e. The van der Waals surface area contributed by atoms with Crippen LogP contribution >= 0.6 is 0 Å². The number of carboxylic acid groups (broad SMARTS) is 1. The summed E-state index contributed by atoms with van der Waals surface area (Å²) in [5.41, 5.74) is 10.3. The van der Waals surface area contributed by atoms with E-state index >= 15 is 0 Å². The van der Waals surface area contributed by atoms with Crippen molar-refractivity contribution in [1.82, 2.24) is 10.4 Å². The topological polar surface area (TPSA) is 74.6 Å². The number of aromatic carboxylic acids is 1. The van der Waals surface area contributed by atoms with E-state index < -0.39 is 5.97 Å². The van der Waals surface area contributed by atoms with Crippen LogP contribution in [-0.2, 0) is 0 Å². The number of hydrogen-bond donors (Lipinski definition) is 2. The molecule has 5 nitrogen and oxygen atoms in total. The standard InChI is InChI=1S/C26H29BN3O2/c31-26(32)18-12-15-23(28-16-18)25-22-9-4-2-1-3-8-21(22)24(29-30-25)17-10-13-20(14-11-17)27-19-6-5-7-19/h10-16,19,22,29H,1-9H2,(H,31,32). The van der Waals surface area contributed by atoms with Gasteiger partial charge in [0.1, 0.15) is 0 Å². The van der Waals surface area contributed by atoms with Gasteiger partial charge in [-0.1, -0.05) is 74.1 Å². The van der Waals surface area contributed by atoms with Gasteiger partial charge in [-0.3, -0.25) is 10.4 Å². The fourth-order valence-corrected chi connectivity index (χ4v) is 5.03. The minimum atomic E-state index is -0.959. The average Bonchev–Trinajstić information content (AvgIpc) is 2.76. The average molecular weight is 426 g/mol. The molecule has 2 aliphatic carbocycles. The second kappa shape index (κ2) is 9.31. The van der Waals surface area contributed by atoms with Gasteiger partial charge in [-0.15, -0.1) is 0 Å². The highest BCUT2D eigenvalue weighted by molar-refractivity contribution is 6.55. The minimum absolute atomic E-state index is 0.200. The van der Waals surface area contributed by atoms with Crippen LogP contribution in [0.2, 0.25) is 5.82 Å². The fraction of sp³-hybridized carbons (Fsp3) is 0.423. The van der Waals surface area contributed by atoms with Crippen molar-refractivity contribution < 1.29 is 9.90 Å². The summed E-state index contributed by atoms with van der Waals surface area (Å²) in [6.45, 7) is 0. The molecule has 3 aliphatic rings. The van der Waals surface area contributed by atoms with Crippen molar-refractivity contribution in [3.8, 4) is 0 Å². The van der Waals surface area contributed by atoms with Gasteiger partial charge in [0.15, 0.2) is 7.28 Å². The zero-order valence-corrected chi connectivity index (χ0v) is 18.4. The molecular formula is C26H29BN3O2. The van der Waals surface area contributed by atoms with E-state index in [4.69, 9.17) is 5.10 Å². The van der Waals surface area contributed by atoms with E-state index in [1.165, 1.54) is 67.7 Å². The summed E-state index contributed by atoms with van der Waals surface area (Å²) in [6, 6.07) is 12.3. The summed E-state index contributed by atoms with van der Waals surface area (Å²) in [7, 11) is 2.40. The molecular weight excluding hydrogens is 397 g/mol. The Morgan fingerprint density at radius 2 is 1.78 bits per heavy atom. The van der Waals surface area contributed by atoms with Crippen molar-refractivity contribution in [3.05, 3.63) is 65.0 Å². The van der Waals surface area contributed by atoms with Gasteiger partial charge in [-0.2, -0.15) is 5.10 Å². The first kappa shape index (κ1) is 21.0. The van der Waals surface area contributed by atoms with Crippen molar-refractivity contribution in [2.75, 3.05) is 0 Å². The number of nitrogens with zero attached hydrogens (tertiary/aromatic N) is 2. The molecule has 0 saturated heterocycles. The van der Waals surface area contributed by atoms with E-state index in [1.807, 2.05) is 0 Å². The second-order valence-corrected chi connectivity index (χ2v) is 9.23. The molecule has 1 radical (unpaired) electrons. The molecule has 1 unspecified atom stereocenters. The van der Waals surface area contributed by atoms with Crippen LogP contribution in [0.25, 0.3) is 5.70 Å². The van der Waals surface area contributed by atoms with E-state index in [0.717, 1.165) is 35.8 Å². The molecule has 6 heteroatoms. The number of carboxylic acids is 1. The number of carbonyl (C=O) groups is 1. The lowest BCUT2D eigenvalue weighted by atomic mass is 9.52. The first-order valence-corrected chi connectivity index (χ1v) is 11.9. The number of hydrogen-bond acceptors (Lipinski definition) is 4. The largest absolute Gasteiger partial charge is 0.478 e. The molecule has 2 saturated carbocycles. The zero-order chi connectivity index (χ0) is 21.9. The van der Waals surface area contributed by atoms with Crippen LogP contribution in [0.4, 0.5) is 0 Å². The number of nitrogens with one attached hydrogen (secondary N) is 1. The molecule has 163 valence electrons. The van der Waals surface area contributed by atoms with Crippen molar-refractivity contribution in [1.29, 1.82) is 0 Å². The molecule has 1 aromatic heterocycles. The van der Waals surface area contributed by atoms with Crippen molar-refractivity contribution in [2.24, 2.45) is 11.0 Å². The van der Waals surface area contributed by atoms with Crippen LogP contribution in [0.1, 0.15) is 79.4 Å². The first-order valence-electron chi connectivity index (χ1n) is 11.9. The number of allylic oxidation sites excluding steroid dienone is 1. The Kier molecular flexibility index (Phi) is 6.11. The lowest BCUT2D eigenvalue weighted by molar-refractivity contribution is 0.0696. The third-order valence-electron chi connectivity index (χ3n) is 7.10. The summed E-state index contributed by atoms with van der Waals surface area (Å²) >= 11 is 0. The van der Waals surface area contributed by atoms with E-state index in [0.29, 0.717) is 0 Å². The minimum Gasteiger partial charge on any atom is -0.478 e. The predicted molar refractivity (Wildman–Crippen MR) is 128 cm³/mol. The number of benzene rings is 1. The van der Waals surface area contributed by atoms with Crippen LogP contribution in [0.15, 0.2) is 53.3 Å². The Bertz CT molecular complexity index is 1040. The van der Waals surface area contributed by atoms with Crippen molar-refractivity contribution >= 4 is 30.1 Å². The molecule has 2 heterocycles. The lowest BCUT2D eigenvalue weighted by Crippen LogP contribution is -2.30. The Morgan fingerprint density at radius 1 is 0.969 bits per heavy atom. The second-order valence-electron chi connectivity index (χ2n) is 9.23. The van der Waals surface area contributed by atoms with Crippen molar-refractivity contribution in [3.63, 3.8) is 0 Å². The summed E-state index contributed by atoms with van der Waals surface area (Å²) in [4.78, 5) is 15.7. The molecule has 2 N–H and O–H groups in total. The van der Waals surface area contributed by atoms with Gasteiger partial charge in [-0.25, -0.2) is 4.79 Å². The molecule has 1 aromatic carbocycles. The summed E-state index contributed by atoms with van der Waals surface area (Å²) < 4.78 is 0. The molecule has 0 bridgehead atoms. The molecule has 32 heavy (non-hydrogen) atoms. The number of aromatic nitrogens is 1. The number of fused-ring (bicyclic) bond motifs is 1. The van der Waals surface area contributed by atoms with Gasteiger partial charge in [0.25, 0.3) is 0 Å². The first-order chi connectivity index (χ1) is 15.7. The van der Waals surface area contributed by atoms with Gasteiger partial charge >= 0.3 is 5.97 Å². The van der Waals surface area contributed by atoms with Crippen molar-refractivity contribution in [2.45, 2.75) is 63.6 Å². The van der Waals surface area contributed by atoms with Crippen LogP contribution in [-0.4, -0.2) is 29.1 Å². The number of pyridine rings is 1. The monoisotopic (exact) mass is 426 g/mol. The molecule has 2 aromatic rings. The van der Waals surface area contributed by atoms with Gasteiger partial charge in [0.05, 0.1) is 22.7 Å². The Labute approximate surface area is 190 Å². The van der Waals surface area contributed by atoms with E-state index in [9.17, 15) is 9.90 Å². The lowest BCUT2D eigenvalue weighted by Gasteiger charge is -2.31. The van der Waals surface area contributed by atoms with Gasteiger partial charge in [0.2, 0.25) is 0 Å². The normalized spacial score (nSPS) is 21.4. The third-order valence-corrected chi connectivity index (χ3v) is 7.10. The maximum Gasteiger partial charge on any atom is 0.337 e. The highest BCUT2D eigenvalue weighted by Gasteiger charge is 2.30. The number of hydrazone groups is 1. The molecule has 5 rings (SSSR count). The highest BCUT2D eigenvalue weighted by atomic mass is 16.4. The van der Waals surface area contributed by atoms with E-state index in [-0.39, 0.29) is 11.5 Å². The molecule has 0 amide bonds. The molecule has 1 aliphatic heterocycles. The summed E-state index contributed by atoms with van der Waals surface area (Å²) in [6.07, 6.45) is 12.4. The fourth-order valence-electron chi connectivity index (χ4n) is 5.03. The maximum absolute atomic E-state index is 11.2. The van der Waals surface area contributed by atoms with Gasteiger partial charge in [0, 0.05) is 12.1 Å².